The van der Waals surface area contributed by atoms with Gasteiger partial charge in [-0.15, -0.1) is 0 Å². The van der Waals surface area contributed by atoms with Gasteiger partial charge in [0.25, 0.3) is 15.9 Å². The van der Waals surface area contributed by atoms with Crippen LogP contribution < -0.4 is 14.5 Å². The molecule has 0 aliphatic heterocycles. The summed E-state index contributed by atoms with van der Waals surface area (Å²) >= 11 is 0. The molecule has 1 heterocycles. The van der Waals surface area contributed by atoms with Crippen LogP contribution in [-0.4, -0.2) is 44.1 Å². The number of nitro benzene ring substituents is 1. The summed E-state index contributed by atoms with van der Waals surface area (Å²) in [4.78, 5) is 27.0. The number of carbonyl (C=O) groups is 1. The Hall–Kier alpha value is -4.32. The van der Waals surface area contributed by atoms with E-state index in [1.807, 2.05) is 0 Å². The van der Waals surface area contributed by atoms with E-state index in [9.17, 15) is 23.3 Å². The molecule has 0 aliphatic carbocycles. The molecule has 170 valence electrons. The second kappa shape index (κ2) is 10.3. The van der Waals surface area contributed by atoms with E-state index in [-0.39, 0.29) is 22.2 Å². The van der Waals surface area contributed by atoms with E-state index in [2.05, 4.69) is 15.5 Å². The molecule has 3 aromatic rings. The van der Waals surface area contributed by atoms with E-state index in [0.717, 1.165) is 4.31 Å². The number of nitro groups is 1. The number of rotatable bonds is 9. The van der Waals surface area contributed by atoms with Crippen LogP contribution >= 0.6 is 0 Å². The van der Waals surface area contributed by atoms with E-state index in [0.29, 0.717) is 5.56 Å². The van der Waals surface area contributed by atoms with Gasteiger partial charge >= 0.3 is 5.69 Å². The third kappa shape index (κ3) is 5.68. The van der Waals surface area contributed by atoms with Crippen LogP contribution in [0.15, 0.2) is 82.9 Å². The van der Waals surface area contributed by atoms with Crippen molar-refractivity contribution < 1.29 is 22.9 Å². The molecule has 0 atom stereocenters. The fourth-order valence-corrected chi connectivity index (χ4v) is 4.18. The number of anilines is 1. The Kier molecular flexibility index (Phi) is 7.31. The fourth-order valence-electron chi connectivity index (χ4n) is 2.78. The van der Waals surface area contributed by atoms with E-state index in [1.54, 1.807) is 30.3 Å². The molecule has 0 unspecified atom stereocenters. The third-order valence-electron chi connectivity index (χ3n) is 4.33. The van der Waals surface area contributed by atoms with E-state index in [1.165, 1.54) is 55.9 Å². The van der Waals surface area contributed by atoms with Gasteiger partial charge in [-0.1, -0.05) is 24.3 Å². The van der Waals surface area contributed by atoms with Crippen molar-refractivity contribution in [2.75, 3.05) is 18.0 Å². The SMILES string of the molecule is COc1ccc(/C=N\NC(=O)CN(c2ccccn2)S(=O)(=O)c2ccccc2)cc1[N+](=O)[O-]. The monoisotopic (exact) mass is 469 g/mol. The number of carbonyl (C=O) groups excluding carboxylic acids is 1. The average Bonchev–Trinajstić information content (AvgIpc) is 2.83. The normalized spacial score (nSPS) is 11.2. The number of hydrogen-bond acceptors (Lipinski definition) is 8. The maximum absolute atomic E-state index is 13.1. The number of hydrogen-bond donors (Lipinski definition) is 1. The third-order valence-corrected chi connectivity index (χ3v) is 6.09. The topological polar surface area (TPSA) is 144 Å². The fraction of sp³-hybridized carbons (Fsp3) is 0.0952. The van der Waals surface area contributed by atoms with Crippen LogP contribution in [0, 0.1) is 10.1 Å². The summed E-state index contributed by atoms with van der Waals surface area (Å²) in [6.45, 7) is -0.589. The largest absolute Gasteiger partial charge is 0.490 e. The Morgan fingerprint density at radius 1 is 1.18 bits per heavy atom. The van der Waals surface area contributed by atoms with Crippen LogP contribution in [-0.2, 0) is 14.8 Å². The van der Waals surface area contributed by atoms with Gasteiger partial charge in [0, 0.05) is 17.8 Å². The molecule has 0 spiro atoms. The Balaban J connectivity index is 1.78. The minimum absolute atomic E-state index is 0.00232. The molecule has 0 aliphatic rings. The highest BCUT2D eigenvalue weighted by atomic mass is 32.2. The van der Waals surface area contributed by atoms with Crippen LogP contribution in [0.4, 0.5) is 11.5 Å². The first-order valence-corrected chi connectivity index (χ1v) is 10.9. The molecule has 0 saturated carbocycles. The number of nitrogens with one attached hydrogen (secondary N) is 1. The highest BCUT2D eigenvalue weighted by Gasteiger charge is 2.27. The van der Waals surface area contributed by atoms with Crippen molar-refractivity contribution in [1.29, 1.82) is 0 Å². The lowest BCUT2D eigenvalue weighted by molar-refractivity contribution is -0.385. The predicted octanol–water partition coefficient (Wildman–Crippen LogP) is 2.34. The van der Waals surface area contributed by atoms with Crippen molar-refractivity contribution in [3.63, 3.8) is 0 Å². The Bertz CT molecular complexity index is 1270. The number of hydrazone groups is 1. The zero-order valence-corrected chi connectivity index (χ0v) is 18.2. The minimum Gasteiger partial charge on any atom is -0.490 e. The molecule has 3 rings (SSSR count). The van der Waals surface area contributed by atoms with Gasteiger partial charge in [-0.3, -0.25) is 14.9 Å². The number of aromatic nitrogens is 1. The van der Waals surface area contributed by atoms with Crippen molar-refractivity contribution in [3.05, 3.63) is 88.6 Å². The van der Waals surface area contributed by atoms with Crippen LogP contribution in [0.1, 0.15) is 5.56 Å². The number of ether oxygens (including phenoxy) is 1. The molecule has 33 heavy (non-hydrogen) atoms. The van der Waals surface area contributed by atoms with Crippen molar-refractivity contribution in [3.8, 4) is 5.75 Å². The first-order chi connectivity index (χ1) is 15.8. The van der Waals surface area contributed by atoms with Gasteiger partial charge in [-0.25, -0.2) is 23.1 Å². The van der Waals surface area contributed by atoms with Gasteiger partial charge in [0.05, 0.1) is 23.1 Å². The molecule has 1 aromatic heterocycles. The molecular formula is C21H19N5O6S. The van der Waals surface area contributed by atoms with Crippen LogP contribution in [0.3, 0.4) is 0 Å². The zero-order chi connectivity index (χ0) is 23.8. The molecule has 1 amide bonds. The molecule has 1 N–H and O–H groups in total. The van der Waals surface area contributed by atoms with E-state index >= 15 is 0 Å². The number of amides is 1. The van der Waals surface area contributed by atoms with Crippen LogP contribution in [0.25, 0.3) is 0 Å². The minimum atomic E-state index is -4.08. The predicted molar refractivity (Wildman–Crippen MR) is 121 cm³/mol. The quantitative estimate of drug-likeness (QED) is 0.288. The van der Waals surface area contributed by atoms with Gasteiger partial charge in [-0.2, -0.15) is 5.10 Å². The van der Waals surface area contributed by atoms with Crippen LogP contribution in [0.5, 0.6) is 5.75 Å². The second-order valence-corrected chi connectivity index (χ2v) is 8.36. The first-order valence-electron chi connectivity index (χ1n) is 9.46. The lowest BCUT2D eigenvalue weighted by Crippen LogP contribution is -2.40. The lowest BCUT2D eigenvalue weighted by atomic mass is 10.2. The number of sulfonamides is 1. The zero-order valence-electron chi connectivity index (χ0n) is 17.4. The van der Waals surface area contributed by atoms with Crippen molar-refractivity contribution in [2.45, 2.75) is 4.90 Å². The van der Waals surface area contributed by atoms with Gasteiger partial charge in [0.15, 0.2) is 5.75 Å². The van der Waals surface area contributed by atoms with Crippen LogP contribution in [0.2, 0.25) is 0 Å². The molecule has 0 radical (unpaired) electrons. The maximum atomic E-state index is 13.1. The highest BCUT2D eigenvalue weighted by molar-refractivity contribution is 7.92. The molecule has 0 bridgehead atoms. The maximum Gasteiger partial charge on any atom is 0.311 e. The van der Waals surface area contributed by atoms with Crippen molar-refractivity contribution >= 4 is 33.7 Å². The summed E-state index contributed by atoms with van der Waals surface area (Å²) in [5.74, 6) is -0.594. The first kappa shape index (κ1) is 23.3. The number of pyridine rings is 1. The van der Waals surface area contributed by atoms with E-state index in [4.69, 9.17) is 4.74 Å². The highest BCUT2D eigenvalue weighted by Crippen LogP contribution is 2.27. The number of nitrogens with zero attached hydrogens (tertiary/aromatic N) is 4. The summed E-state index contributed by atoms with van der Waals surface area (Å²) in [6, 6.07) is 16.5. The smallest absolute Gasteiger partial charge is 0.311 e. The molecule has 12 heteroatoms. The van der Waals surface area contributed by atoms with Crippen molar-refractivity contribution in [2.24, 2.45) is 5.10 Å². The number of benzene rings is 2. The summed E-state index contributed by atoms with van der Waals surface area (Å²) in [6.07, 6.45) is 2.61. The van der Waals surface area contributed by atoms with Gasteiger partial charge in [0.2, 0.25) is 0 Å². The number of methoxy groups -OCH3 is 1. The van der Waals surface area contributed by atoms with Crippen molar-refractivity contribution in [1.82, 2.24) is 10.4 Å². The van der Waals surface area contributed by atoms with Gasteiger partial charge in [0.1, 0.15) is 12.4 Å². The average molecular weight is 469 g/mol. The molecule has 0 saturated heterocycles. The summed E-state index contributed by atoms with van der Waals surface area (Å²) in [5.41, 5.74) is 2.30. The molecular weight excluding hydrogens is 450 g/mol. The van der Waals surface area contributed by atoms with Gasteiger partial charge in [-0.05, 0) is 36.4 Å². The Labute approximate surface area is 189 Å². The summed E-state index contributed by atoms with van der Waals surface area (Å²) in [7, 11) is -2.77. The lowest BCUT2D eigenvalue weighted by Gasteiger charge is -2.22. The van der Waals surface area contributed by atoms with Gasteiger partial charge < -0.3 is 4.74 Å². The molecule has 0 fully saturated rings. The second-order valence-electron chi connectivity index (χ2n) is 6.49. The summed E-state index contributed by atoms with van der Waals surface area (Å²) in [5, 5.41) is 14.9. The Morgan fingerprint density at radius 3 is 2.55 bits per heavy atom. The standard InChI is InChI=1S/C21H19N5O6S/c1-32-19-11-10-16(13-18(19)26(28)29)14-23-24-21(27)15-25(20-9-5-6-12-22-20)33(30,31)17-7-3-2-4-8-17/h2-14H,15H2,1H3,(H,24,27)/b23-14-. The van der Waals surface area contributed by atoms with E-state index < -0.39 is 27.4 Å². The molecule has 11 nitrogen and oxygen atoms in total. The molecule has 2 aromatic carbocycles. The summed E-state index contributed by atoms with van der Waals surface area (Å²) < 4.78 is 32.0. The Morgan fingerprint density at radius 2 is 1.91 bits per heavy atom.